The van der Waals surface area contributed by atoms with E-state index in [9.17, 15) is 13.2 Å². The molecule has 0 saturated carbocycles. The Balaban J connectivity index is 2.21. The lowest BCUT2D eigenvalue weighted by molar-refractivity contribution is 0.102. The van der Waals surface area contributed by atoms with Crippen LogP contribution in [-0.2, 0) is 16.4 Å². The number of hydrogen-bond acceptors (Lipinski definition) is 3. The largest absolute Gasteiger partial charge is 0.322 e. The van der Waals surface area contributed by atoms with Crippen LogP contribution in [0.5, 0.6) is 0 Å². The molecule has 2 rings (SSSR count). The van der Waals surface area contributed by atoms with Gasteiger partial charge in [0.15, 0.2) is 0 Å². The normalized spacial score (nSPS) is 11.6. The molecule has 26 heavy (non-hydrogen) atoms. The van der Waals surface area contributed by atoms with Crippen LogP contribution >= 0.6 is 0 Å². The Hall–Kier alpha value is -2.18. The van der Waals surface area contributed by atoms with Crippen molar-refractivity contribution >= 4 is 21.6 Å². The predicted octanol–water partition coefficient (Wildman–Crippen LogP) is 3.84. The number of hydrogen-bond donors (Lipinski definition) is 1. The Labute approximate surface area is 156 Å². The molecule has 0 saturated heterocycles. The summed E-state index contributed by atoms with van der Waals surface area (Å²) in [6.45, 7) is 3.94. The number of nitrogens with zero attached hydrogens (tertiary/aromatic N) is 1. The number of carbonyl (C=O) groups is 1. The first-order valence-electron chi connectivity index (χ1n) is 8.69. The van der Waals surface area contributed by atoms with E-state index in [0.717, 1.165) is 29.1 Å². The van der Waals surface area contributed by atoms with Crippen LogP contribution in [-0.4, -0.2) is 32.7 Å². The lowest BCUT2D eigenvalue weighted by Gasteiger charge is -2.14. The summed E-state index contributed by atoms with van der Waals surface area (Å²) in [5.41, 5.74) is 3.00. The average Bonchev–Trinajstić information content (AvgIpc) is 2.61. The third kappa shape index (κ3) is 4.71. The summed E-state index contributed by atoms with van der Waals surface area (Å²) >= 11 is 0. The van der Waals surface area contributed by atoms with Crippen molar-refractivity contribution in [2.45, 2.75) is 38.0 Å². The van der Waals surface area contributed by atoms with Crippen LogP contribution in [0.25, 0.3) is 0 Å². The molecule has 0 radical (unpaired) electrons. The van der Waals surface area contributed by atoms with E-state index < -0.39 is 10.0 Å². The highest BCUT2D eigenvalue weighted by molar-refractivity contribution is 7.89. The highest BCUT2D eigenvalue weighted by Crippen LogP contribution is 2.20. The first kappa shape index (κ1) is 20.1. The van der Waals surface area contributed by atoms with Gasteiger partial charge in [0.05, 0.1) is 4.90 Å². The Morgan fingerprint density at radius 2 is 1.73 bits per heavy atom. The second-order valence-electron chi connectivity index (χ2n) is 6.52. The third-order valence-corrected chi connectivity index (χ3v) is 6.07. The Morgan fingerprint density at radius 3 is 2.31 bits per heavy atom. The first-order valence-corrected chi connectivity index (χ1v) is 10.1. The van der Waals surface area contributed by atoms with E-state index in [1.54, 1.807) is 13.0 Å². The van der Waals surface area contributed by atoms with Crippen LogP contribution in [0.1, 0.15) is 41.3 Å². The lowest BCUT2D eigenvalue weighted by Crippen LogP contribution is -2.23. The number of sulfonamides is 1. The van der Waals surface area contributed by atoms with Crippen molar-refractivity contribution < 1.29 is 13.2 Å². The molecule has 140 valence electrons. The number of aryl methyl sites for hydroxylation is 2. The van der Waals surface area contributed by atoms with Gasteiger partial charge in [0.25, 0.3) is 5.91 Å². The molecule has 1 amide bonds. The number of amides is 1. The summed E-state index contributed by atoms with van der Waals surface area (Å²) in [5, 5.41) is 2.84. The zero-order valence-corrected chi connectivity index (χ0v) is 16.6. The van der Waals surface area contributed by atoms with Crippen LogP contribution < -0.4 is 5.32 Å². The fraction of sp³-hybridized carbons (Fsp3) is 0.350. The zero-order chi connectivity index (χ0) is 19.3. The molecular weight excluding hydrogens is 348 g/mol. The van der Waals surface area contributed by atoms with Crippen molar-refractivity contribution in [1.29, 1.82) is 0 Å². The molecule has 0 aliphatic rings. The minimum atomic E-state index is -3.58. The fourth-order valence-electron chi connectivity index (χ4n) is 2.55. The van der Waals surface area contributed by atoms with Gasteiger partial charge in [-0.2, -0.15) is 0 Å². The molecule has 1 N–H and O–H groups in total. The van der Waals surface area contributed by atoms with E-state index in [-0.39, 0.29) is 10.8 Å². The molecule has 0 aromatic heterocycles. The summed E-state index contributed by atoms with van der Waals surface area (Å²) in [7, 11) is -0.649. The highest BCUT2D eigenvalue weighted by atomic mass is 32.2. The summed E-state index contributed by atoms with van der Waals surface area (Å²) in [5.74, 6) is -0.320. The molecule has 0 fully saturated rings. The van der Waals surface area contributed by atoms with Crippen molar-refractivity contribution in [3.05, 3.63) is 59.2 Å². The topological polar surface area (TPSA) is 66.5 Å². The molecule has 6 heteroatoms. The summed E-state index contributed by atoms with van der Waals surface area (Å²) in [4.78, 5) is 12.7. The maximum atomic E-state index is 12.6. The van der Waals surface area contributed by atoms with E-state index in [0.29, 0.717) is 11.3 Å². The molecule has 0 unspecified atom stereocenters. The number of carbonyl (C=O) groups excluding carboxylic acids is 1. The van der Waals surface area contributed by atoms with Gasteiger partial charge in [0.2, 0.25) is 10.0 Å². The van der Waals surface area contributed by atoms with Crippen molar-refractivity contribution in [2.24, 2.45) is 0 Å². The van der Waals surface area contributed by atoms with Gasteiger partial charge < -0.3 is 5.32 Å². The Morgan fingerprint density at radius 1 is 1.08 bits per heavy atom. The van der Waals surface area contributed by atoms with Gasteiger partial charge in [0.1, 0.15) is 0 Å². The lowest BCUT2D eigenvalue weighted by atomic mass is 10.1. The van der Waals surface area contributed by atoms with Crippen molar-refractivity contribution in [1.82, 2.24) is 4.31 Å². The van der Waals surface area contributed by atoms with E-state index in [1.165, 1.54) is 31.8 Å². The first-order chi connectivity index (χ1) is 12.3. The molecule has 0 spiro atoms. The van der Waals surface area contributed by atoms with E-state index in [1.807, 2.05) is 24.3 Å². The van der Waals surface area contributed by atoms with Crippen LogP contribution in [0, 0.1) is 6.92 Å². The molecule has 0 aliphatic carbocycles. The van der Waals surface area contributed by atoms with Crippen LogP contribution in [0.2, 0.25) is 0 Å². The van der Waals surface area contributed by atoms with Gasteiger partial charge in [-0.15, -0.1) is 0 Å². The monoisotopic (exact) mass is 374 g/mol. The fourth-order valence-corrected chi connectivity index (χ4v) is 3.48. The van der Waals surface area contributed by atoms with E-state index >= 15 is 0 Å². The van der Waals surface area contributed by atoms with Gasteiger partial charge >= 0.3 is 0 Å². The molecule has 5 nitrogen and oxygen atoms in total. The highest BCUT2D eigenvalue weighted by Gasteiger charge is 2.20. The molecule has 0 atom stereocenters. The van der Waals surface area contributed by atoms with Gasteiger partial charge in [-0.25, -0.2) is 12.7 Å². The van der Waals surface area contributed by atoms with Crippen molar-refractivity contribution in [2.75, 3.05) is 19.4 Å². The molecular formula is C20H26N2O3S. The Bertz CT molecular complexity index is 872. The molecule has 0 heterocycles. The second-order valence-corrected chi connectivity index (χ2v) is 8.67. The summed E-state index contributed by atoms with van der Waals surface area (Å²) in [6.07, 6.45) is 3.30. The van der Waals surface area contributed by atoms with Crippen LogP contribution in [0.15, 0.2) is 47.4 Å². The number of benzene rings is 2. The van der Waals surface area contributed by atoms with Crippen LogP contribution in [0.3, 0.4) is 0 Å². The second kappa shape index (κ2) is 8.47. The third-order valence-electron chi connectivity index (χ3n) is 4.26. The number of unbranched alkanes of at least 4 members (excludes halogenated alkanes) is 1. The minimum Gasteiger partial charge on any atom is -0.322 e. The van der Waals surface area contributed by atoms with Crippen molar-refractivity contribution in [3.8, 4) is 0 Å². The number of rotatable bonds is 7. The SMILES string of the molecule is CCCCc1ccc(NC(=O)c2cc(S(=O)(=O)N(C)C)ccc2C)cc1. The molecule has 0 bridgehead atoms. The molecule has 2 aromatic rings. The average molecular weight is 375 g/mol. The van der Waals surface area contributed by atoms with Gasteiger partial charge in [0, 0.05) is 25.3 Å². The Kier molecular flexibility index (Phi) is 6.56. The maximum Gasteiger partial charge on any atom is 0.255 e. The minimum absolute atomic E-state index is 0.105. The summed E-state index contributed by atoms with van der Waals surface area (Å²) in [6, 6.07) is 12.4. The van der Waals surface area contributed by atoms with Gasteiger partial charge in [-0.1, -0.05) is 31.5 Å². The smallest absolute Gasteiger partial charge is 0.255 e. The van der Waals surface area contributed by atoms with E-state index in [4.69, 9.17) is 0 Å². The number of anilines is 1. The van der Waals surface area contributed by atoms with E-state index in [2.05, 4.69) is 12.2 Å². The number of nitrogens with one attached hydrogen (secondary N) is 1. The predicted molar refractivity (Wildman–Crippen MR) is 105 cm³/mol. The van der Waals surface area contributed by atoms with Crippen LogP contribution in [0.4, 0.5) is 5.69 Å². The standard InChI is InChI=1S/C20H26N2O3S/c1-5-6-7-16-9-11-17(12-10-16)21-20(23)19-14-18(13-8-15(19)2)26(24,25)22(3)4/h8-14H,5-7H2,1-4H3,(H,21,23). The van der Waals surface area contributed by atoms with Crippen molar-refractivity contribution in [3.63, 3.8) is 0 Å². The van der Waals surface area contributed by atoms with Gasteiger partial charge in [-0.3, -0.25) is 4.79 Å². The zero-order valence-electron chi connectivity index (χ0n) is 15.7. The molecule has 0 aliphatic heterocycles. The quantitative estimate of drug-likeness (QED) is 0.801. The molecule has 2 aromatic carbocycles. The van der Waals surface area contributed by atoms with Gasteiger partial charge in [-0.05, 0) is 55.2 Å². The summed E-state index contributed by atoms with van der Waals surface area (Å²) < 4.78 is 25.7. The maximum absolute atomic E-state index is 12.6.